The molecule has 0 fully saturated rings. The van der Waals surface area contributed by atoms with Gasteiger partial charge in [-0.05, 0) is 42.5 Å². The third kappa shape index (κ3) is 3.85. The fraction of sp³-hybridized carbons (Fsp3) is 0.625. The van der Waals surface area contributed by atoms with E-state index in [9.17, 15) is 4.21 Å². The van der Waals surface area contributed by atoms with Crippen LogP contribution >= 0.6 is 12.0 Å². The van der Waals surface area contributed by atoms with Gasteiger partial charge >= 0.3 is 0 Å². The molecule has 0 spiro atoms. The van der Waals surface area contributed by atoms with E-state index in [-0.39, 0.29) is 5.41 Å². The molecule has 0 aromatic heterocycles. The molecule has 0 radical (unpaired) electrons. The molecule has 2 atom stereocenters. The third-order valence-electron chi connectivity index (χ3n) is 4.21. The van der Waals surface area contributed by atoms with E-state index in [4.69, 9.17) is 8.37 Å². The minimum absolute atomic E-state index is 0.121. The van der Waals surface area contributed by atoms with Gasteiger partial charge in [-0.25, -0.2) is 4.21 Å². The Hall–Kier alpha value is -0.560. The molecule has 1 aromatic carbocycles. The number of nitrogens with zero attached hydrogens (tertiary/aromatic N) is 1. The summed E-state index contributed by atoms with van der Waals surface area (Å²) in [5.41, 5.74) is 2.68. The molecule has 1 aliphatic rings. The molecule has 0 N–H and O–H groups in total. The second-order valence-electron chi connectivity index (χ2n) is 6.23. The van der Waals surface area contributed by atoms with Crippen LogP contribution in [0.4, 0.5) is 5.69 Å². The van der Waals surface area contributed by atoms with E-state index in [1.54, 1.807) is 7.11 Å². The Labute approximate surface area is 140 Å². The molecule has 0 amide bonds. The molecular formula is C16H25NO3S2. The van der Waals surface area contributed by atoms with Gasteiger partial charge in [-0.3, -0.25) is 4.18 Å². The van der Waals surface area contributed by atoms with Crippen molar-refractivity contribution in [2.45, 2.75) is 43.5 Å². The minimum atomic E-state index is -1.21. The van der Waals surface area contributed by atoms with Crippen LogP contribution in [0.5, 0.6) is 0 Å². The number of hydrogen-bond acceptors (Lipinski definition) is 5. The lowest BCUT2D eigenvalue weighted by Gasteiger charge is -2.45. The maximum absolute atomic E-state index is 11.6. The predicted octanol–water partition coefficient (Wildman–Crippen LogP) is 3.53. The first-order valence-electron chi connectivity index (χ1n) is 7.43. The van der Waals surface area contributed by atoms with Crippen LogP contribution in [0.2, 0.25) is 0 Å². The van der Waals surface area contributed by atoms with Gasteiger partial charge in [-0.15, -0.1) is 0 Å². The molecular weight excluding hydrogens is 318 g/mol. The molecule has 1 aliphatic heterocycles. The van der Waals surface area contributed by atoms with Crippen molar-refractivity contribution >= 4 is 28.8 Å². The molecule has 22 heavy (non-hydrogen) atoms. The van der Waals surface area contributed by atoms with E-state index in [0.717, 1.165) is 17.9 Å². The van der Waals surface area contributed by atoms with Crippen LogP contribution in [-0.4, -0.2) is 36.8 Å². The van der Waals surface area contributed by atoms with E-state index in [0.29, 0.717) is 11.8 Å². The Morgan fingerprint density at radius 3 is 2.77 bits per heavy atom. The summed E-state index contributed by atoms with van der Waals surface area (Å²) >= 11 is 0.173. The first-order valence-corrected chi connectivity index (χ1v) is 9.42. The van der Waals surface area contributed by atoms with E-state index in [1.807, 2.05) is 0 Å². The van der Waals surface area contributed by atoms with Gasteiger partial charge in [0.05, 0.1) is 20.0 Å². The smallest absolute Gasteiger partial charge is 0.156 e. The summed E-state index contributed by atoms with van der Waals surface area (Å²) in [6, 6.07) is 6.87. The lowest BCUT2D eigenvalue weighted by molar-refractivity contribution is 0.395. The second kappa shape index (κ2) is 7.34. The highest BCUT2D eigenvalue weighted by Crippen LogP contribution is 2.43. The normalized spacial score (nSPS) is 21.5. The van der Waals surface area contributed by atoms with E-state index in [2.05, 4.69) is 43.9 Å². The van der Waals surface area contributed by atoms with E-state index >= 15 is 0 Å². The molecule has 2 rings (SSSR count). The zero-order chi connectivity index (χ0) is 16.3. The van der Waals surface area contributed by atoms with Crippen LogP contribution in [0.1, 0.15) is 32.8 Å². The lowest BCUT2D eigenvalue weighted by Crippen LogP contribution is -2.45. The molecule has 0 bridgehead atoms. The predicted molar refractivity (Wildman–Crippen MR) is 93.8 cm³/mol. The Morgan fingerprint density at radius 2 is 2.14 bits per heavy atom. The van der Waals surface area contributed by atoms with Crippen molar-refractivity contribution in [3.05, 3.63) is 23.8 Å². The SMILES string of the molecule is COSc1ccc2c(c1)C(C)(C)CC(C)N2CCS(=O)OC. The summed E-state index contributed by atoms with van der Waals surface area (Å²) < 4.78 is 21.6. The third-order valence-corrected chi connectivity index (χ3v) is 5.71. The van der Waals surface area contributed by atoms with Crippen LogP contribution in [0.25, 0.3) is 0 Å². The zero-order valence-electron chi connectivity index (χ0n) is 13.9. The summed E-state index contributed by atoms with van der Waals surface area (Å²) in [6.45, 7) is 7.54. The maximum atomic E-state index is 11.6. The van der Waals surface area contributed by atoms with Crippen molar-refractivity contribution in [1.82, 2.24) is 0 Å². The van der Waals surface area contributed by atoms with Gasteiger partial charge in [0.25, 0.3) is 0 Å². The topological polar surface area (TPSA) is 38.8 Å². The maximum Gasteiger partial charge on any atom is 0.156 e. The lowest BCUT2D eigenvalue weighted by atomic mass is 9.75. The molecule has 124 valence electrons. The van der Waals surface area contributed by atoms with Crippen LogP contribution in [0.3, 0.4) is 0 Å². The molecule has 0 saturated heterocycles. The van der Waals surface area contributed by atoms with Crippen molar-refractivity contribution < 1.29 is 12.6 Å². The summed E-state index contributed by atoms with van der Waals surface area (Å²) in [5, 5.41) is 0. The quantitative estimate of drug-likeness (QED) is 0.739. The summed E-state index contributed by atoms with van der Waals surface area (Å²) in [5.74, 6) is 0.523. The van der Waals surface area contributed by atoms with Gasteiger partial charge in [0.1, 0.15) is 0 Å². The van der Waals surface area contributed by atoms with Crippen LogP contribution in [0, 0.1) is 0 Å². The molecule has 0 saturated carbocycles. The van der Waals surface area contributed by atoms with Crippen LogP contribution < -0.4 is 4.90 Å². The van der Waals surface area contributed by atoms with Crippen molar-refractivity contribution in [2.24, 2.45) is 0 Å². The van der Waals surface area contributed by atoms with Crippen molar-refractivity contribution in [1.29, 1.82) is 0 Å². The molecule has 1 aromatic rings. The summed E-state index contributed by atoms with van der Waals surface area (Å²) in [6.07, 6.45) is 1.07. The summed E-state index contributed by atoms with van der Waals surface area (Å²) in [4.78, 5) is 3.46. The largest absolute Gasteiger partial charge is 0.368 e. The standard InChI is InChI=1S/C16H25NO3S2/c1-12-11-16(2,3)14-10-13(21-19-4)6-7-15(14)17(12)8-9-22(18)20-5/h6-7,10,12H,8-9,11H2,1-5H3. The Morgan fingerprint density at radius 1 is 1.41 bits per heavy atom. The number of rotatable bonds is 6. The van der Waals surface area contributed by atoms with E-state index in [1.165, 1.54) is 30.4 Å². The highest BCUT2D eigenvalue weighted by molar-refractivity contribution is 7.94. The Bertz CT molecular complexity index is 548. The average molecular weight is 344 g/mol. The molecule has 4 nitrogen and oxygen atoms in total. The molecule has 0 aliphatic carbocycles. The highest BCUT2D eigenvalue weighted by atomic mass is 32.2. The van der Waals surface area contributed by atoms with Gasteiger partial charge in [-0.2, -0.15) is 0 Å². The molecule has 1 heterocycles. The number of anilines is 1. The molecule has 2 unspecified atom stereocenters. The van der Waals surface area contributed by atoms with Gasteiger partial charge < -0.3 is 9.08 Å². The fourth-order valence-corrected chi connectivity index (χ4v) is 4.24. The van der Waals surface area contributed by atoms with Crippen molar-refractivity contribution in [3.8, 4) is 0 Å². The minimum Gasteiger partial charge on any atom is -0.368 e. The number of benzene rings is 1. The second-order valence-corrected chi connectivity index (χ2v) is 8.55. The Balaban J connectivity index is 2.32. The average Bonchev–Trinajstić information content (AvgIpc) is 2.47. The highest BCUT2D eigenvalue weighted by Gasteiger charge is 2.35. The first kappa shape index (κ1) is 17.8. The van der Waals surface area contributed by atoms with Gasteiger partial charge in [-0.1, -0.05) is 13.8 Å². The Kier molecular flexibility index (Phi) is 5.94. The van der Waals surface area contributed by atoms with Gasteiger partial charge in [0, 0.05) is 35.2 Å². The molecule has 6 heteroatoms. The zero-order valence-corrected chi connectivity index (χ0v) is 15.6. The van der Waals surface area contributed by atoms with E-state index < -0.39 is 11.1 Å². The van der Waals surface area contributed by atoms with Crippen LogP contribution in [-0.2, 0) is 24.9 Å². The van der Waals surface area contributed by atoms with Crippen molar-refractivity contribution in [2.75, 3.05) is 31.4 Å². The van der Waals surface area contributed by atoms with Crippen molar-refractivity contribution in [3.63, 3.8) is 0 Å². The monoisotopic (exact) mass is 343 g/mol. The first-order chi connectivity index (χ1) is 10.4. The number of hydrogen-bond donors (Lipinski definition) is 0. The van der Waals surface area contributed by atoms with Gasteiger partial charge in [0.2, 0.25) is 0 Å². The van der Waals surface area contributed by atoms with Crippen LogP contribution in [0.15, 0.2) is 23.1 Å². The summed E-state index contributed by atoms with van der Waals surface area (Å²) in [7, 11) is 3.17. The number of fused-ring (bicyclic) bond motifs is 1. The van der Waals surface area contributed by atoms with Gasteiger partial charge in [0.15, 0.2) is 11.1 Å². The fourth-order valence-electron chi connectivity index (χ4n) is 3.25.